The number of carbonyl (C=O) groups is 1. The van der Waals surface area contributed by atoms with Gasteiger partial charge in [-0.25, -0.2) is 0 Å². The molecule has 0 radical (unpaired) electrons. The van der Waals surface area contributed by atoms with Crippen molar-refractivity contribution in [1.82, 2.24) is 4.90 Å². The molecule has 0 unspecified atom stereocenters. The van der Waals surface area contributed by atoms with Gasteiger partial charge in [0.15, 0.2) is 0 Å². The number of rotatable bonds is 5. The Morgan fingerprint density at radius 2 is 1.90 bits per heavy atom. The second-order valence-corrected chi connectivity index (χ2v) is 5.45. The summed E-state index contributed by atoms with van der Waals surface area (Å²) in [6.07, 6.45) is 0. The zero-order valence-electron chi connectivity index (χ0n) is 12.3. The van der Waals surface area contributed by atoms with E-state index in [0.717, 1.165) is 18.7 Å². The van der Waals surface area contributed by atoms with E-state index in [1.807, 2.05) is 12.1 Å². The van der Waals surface area contributed by atoms with Crippen LogP contribution in [0.5, 0.6) is 0 Å². The van der Waals surface area contributed by atoms with E-state index in [1.165, 1.54) is 5.56 Å². The molecule has 0 aliphatic carbocycles. The minimum Gasteiger partial charge on any atom is -0.460 e. The second kappa shape index (κ2) is 7.41. The van der Waals surface area contributed by atoms with Crippen LogP contribution >= 0.6 is 0 Å². The molecule has 1 fully saturated rings. The minimum atomic E-state index is -0.167. The monoisotopic (exact) mass is 277 g/mol. The second-order valence-electron chi connectivity index (χ2n) is 5.45. The molecule has 0 bridgehead atoms. The van der Waals surface area contributed by atoms with Gasteiger partial charge in [-0.2, -0.15) is 0 Å². The van der Waals surface area contributed by atoms with Gasteiger partial charge in [0.25, 0.3) is 0 Å². The Kier molecular flexibility index (Phi) is 5.56. The molecule has 4 nitrogen and oxygen atoms in total. The SMILES string of the molecule is CC(C)c1ccc(COC(=O)CN2CCOCC2)cc1. The molecule has 0 saturated carbocycles. The standard InChI is InChI=1S/C16H23NO3/c1-13(2)15-5-3-14(4-6-15)12-20-16(18)11-17-7-9-19-10-8-17/h3-6,13H,7-12H2,1-2H3. The first-order chi connectivity index (χ1) is 9.65. The lowest BCUT2D eigenvalue weighted by molar-refractivity contribution is -0.147. The number of benzene rings is 1. The topological polar surface area (TPSA) is 38.8 Å². The van der Waals surface area contributed by atoms with Crippen LogP contribution in [-0.4, -0.2) is 43.7 Å². The van der Waals surface area contributed by atoms with Crippen molar-refractivity contribution in [3.63, 3.8) is 0 Å². The van der Waals surface area contributed by atoms with Crippen LogP contribution in [0.15, 0.2) is 24.3 Å². The minimum absolute atomic E-state index is 0.167. The average Bonchev–Trinajstić information content (AvgIpc) is 2.46. The van der Waals surface area contributed by atoms with Gasteiger partial charge in [0.05, 0.1) is 19.8 Å². The highest BCUT2D eigenvalue weighted by molar-refractivity contribution is 5.71. The van der Waals surface area contributed by atoms with Crippen molar-refractivity contribution < 1.29 is 14.3 Å². The summed E-state index contributed by atoms with van der Waals surface area (Å²) in [5.74, 6) is 0.354. The number of esters is 1. The number of hydrogen-bond donors (Lipinski definition) is 0. The number of hydrogen-bond acceptors (Lipinski definition) is 4. The van der Waals surface area contributed by atoms with Gasteiger partial charge in [-0.1, -0.05) is 38.1 Å². The van der Waals surface area contributed by atoms with Gasteiger partial charge in [0, 0.05) is 13.1 Å². The third-order valence-corrected chi connectivity index (χ3v) is 3.50. The molecule has 0 spiro atoms. The lowest BCUT2D eigenvalue weighted by atomic mass is 10.0. The van der Waals surface area contributed by atoms with E-state index in [-0.39, 0.29) is 5.97 Å². The Labute approximate surface area is 120 Å². The van der Waals surface area contributed by atoms with Gasteiger partial charge in [-0.15, -0.1) is 0 Å². The Morgan fingerprint density at radius 1 is 1.25 bits per heavy atom. The van der Waals surface area contributed by atoms with Gasteiger partial charge in [0.1, 0.15) is 6.61 Å². The van der Waals surface area contributed by atoms with Crippen LogP contribution in [0.3, 0.4) is 0 Å². The summed E-state index contributed by atoms with van der Waals surface area (Å²) in [6.45, 7) is 8.04. The van der Waals surface area contributed by atoms with Crippen molar-refractivity contribution in [3.8, 4) is 0 Å². The number of carbonyl (C=O) groups excluding carboxylic acids is 1. The molecule has 1 heterocycles. The fourth-order valence-corrected chi connectivity index (χ4v) is 2.15. The zero-order chi connectivity index (χ0) is 14.4. The van der Waals surface area contributed by atoms with Crippen molar-refractivity contribution in [2.75, 3.05) is 32.8 Å². The van der Waals surface area contributed by atoms with Crippen LogP contribution in [0.2, 0.25) is 0 Å². The highest BCUT2D eigenvalue weighted by Crippen LogP contribution is 2.15. The Hall–Kier alpha value is -1.39. The predicted molar refractivity (Wildman–Crippen MR) is 77.6 cm³/mol. The van der Waals surface area contributed by atoms with E-state index in [9.17, 15) is 4.79 Å². The molecule has 1 aromatic rings. The van der Waals surface area contributed by atoms with Crippen molar-refractivity contribution in [2.45, 2.75) is 26.4 Å². The molecule has 0 amide bonds. The highest BCUT2D eigenvalue weighted by atomic mass is 16.5. The molecule has 1 aliphatic heterocycles. The van der Waals surface area contributed by atoms with Gasteiger partial charge in [-0.3, -0.25) is 9.69 Å². The van der Waals surface area contributed by atoms with Crippen LogP contribution in [0.1, 0.15) is 30.9 Å². The van der Waals surface area contributed by atoms with Gasteiger partial charge in [0.2, 0.25) is 0 Å². The molecule has 110 valence electrons. The first-order valence-electron chi connectivity index (χ1n) is 7.19. The van der Waals surface area contributed by atoms with Crippen LogP contribution in [0.25, 0.3) is 0 Å². The largest absolute Gasteiger partial charge is 0.460 e. The molecule has 0 N–H and O–H groups in total. The lowest BCUT2D eigenvalue weighted by Gasteiger charge is -2.25. The number of ether oxygens (including phenoxy) is 2. The van der Waals surface area contributed by atoms with Crippen LogP contribution in [0.4, 0.5) is 0 Å². The van der Waals surface area contributed by atoms with E-state index in [4.69, 9.17) is 9.47 Å². The van der Waals surface area contributed by atoms with Crippen molar-refractivity contribution >= 4 is 5.97 Å². The maximum atomic E-state index is 11.8. The molecule has 1 aromatic carbocycles. The Balaban J connectivity index is 1.74. The molecule has 1 saturated heterocycles. The van der Waals surface area contributed by atoms with Gasteiger partial charge in [-0.05, 0) is 17.0 Å². The Morgan fingerprint density at radius 3 is 2.50 bits per heavy atom. The van der Waals surface area contributed by atoms with Crippen molar-refractivity contribution in [2.24, 2.45) is 0 Å². The normalized spacial score (nSPS) is 16.4. The summed E-state index contributed by atoms with van der Waals surface area (Å²) < 4.78 is 10.6. The molecular formula is C16H23NO3. The van der Waals surface area contributed by atoms with E-state index in [1.54, 1.807) is 0 Å². The van der Waals surface area contributed by atoms with Gasteiger partial charge < -0.3 is 9.47 Å². The summed E-state index contributed by atoms with van der Waals surface area (Å²) in [5, 5.41) is 0. The summed E-state index contributed by atoms with van der Waals surface area (Å²) in [6, 6.07) is 8.24. The van der Waals surface area contributed by atoms with E-state index in [2.05, 4.69) is 30.9 Å². The molecule has 1 aliphatic rings. The maximum absolute atomic E-state index is 11.8. The quantitative estimate of drug-likeness (QED) is 0.773. The zero-order valence-corrected chi connectivity index (χ0v) is 12.3. The number of nitrogens with zero attached hydrogens (tertiary/aromatic N) is 1. The predicted octanol–water partition coefficient (Wildman–Crippen LogP) is 2.19. The molecule has 2 rings (SSSR count). The van der Waals surface area contributed by atoms with Crippen LogP contribution < -0.4 is 0 Å². The average molecular weight is 277 g/mol. The van der Waals surface area contributed by atoms with Crippen molar-refractivity contribution in [3.05, 3.63) is 35.4 Å². The summed E-state index contributed by atoms with van der Waals surface area (Å²) in [4.78, 5) is 13.8. The highest BCUT2D eigenvalue weighted by Gasteiger charge is 2.14. The van der Waals surface area contributed by atoms with Crippen LogP contribution in [0, 0.1) is 0 Å². The van der Waals surface area contributed by atoms with E-state index in [0.29, 0.717) is 32.3 Å². The van der Waals surface area contributed by atoms with Gasteiger partial charge >= 0.3 is 5.97 Å². The summed E-state index contributed by atoms with van der Waals surface area (Å²) in [5.41, 5.74) is 2.33. The molecular weight excluding hydrogens is 254 g/mol. The maximum Gasteiger partial charge on any atom is 0.320 e. The number of morpholine rings is 1. The fraction of sp³-hybridized carbons (Fsp3) is 0.562. The molecule has 0 aromatic heterocycles. The van der Waals surface area contributed by atoms with E-state index < -0.39 is 0 Å². The third kappa shape index (κ3) is 4.62. The smallest absolute Gasteiger partial charge is 0.320 e. The fourth-order valence-electron chi connectivity index (χ4n) is 2.15. The lowest BCUT2D eigenvalue weighted by Crippen LogP contribution is -2.40. The summed E-state index contributed by atoms with van der Waals surface area (Å²) >= 11 is 0. The van der Waals surface area contributed by atoms with E-state index >= 15 is 0 Å². The summed E-state index contributed by atoms with van der Waals surface area (Å²) in [7, 11) is 0. The Bertz CT molecular complexity index is 422. The molecule has 4 heteroatoms. The third-order valence-electron chi connectivity index (χ3n) is 3.50. The molecule has 20 heavy (non-hydrogen) atoms. The first-order valence-corrected chi connectivity index (χ1v) is 7.19. The molecule has 0 atom stereocenters. The van der Waals surface area contributed by atoms with Crippen molar-refractivity contribution in [1.29, 1.82) is 0 Å². The first kappa shape index (κ1) is 15.0. The van der Waals surface area contributed by atoms with Crippen LogP contribution in [-0.2, 0) is 20.9 Å².